The molecule has 4 heteroatoms. The molecule has 0 aliphatic rings. The van der Waals surface area contributed by atoms with Gasteiger partial charge in [0.25, 0.3) is 0 Å². The molecular weight excluding hydrogens is 397 g/mol. The van der Waals surface area contributed by atoms with Crippen molar-refractivity contribution in [3.8, 4) is 0 Å². The van der Waals surface area contributed by atoms with Crippen molar-refractivity contribution >= 4 is 29.9 Å². The first kappa shape index (κ1) is 19.5. The Balaban J connectivity index is 0.00000264. The molecule has 0 fully saturated rings. The minimum absolute atomic E-state index is 0. The van der Waals surface area contributed by atoms with E-state index in [1.807, 2.05) is 26.0 Å². The molecule has 0 spiro atoms. The summed E-state index contributed by atoms with van der Waals surface area (Å²) >= 11 is 0. The zero-order valence-corrected chi connectivity index (χ0v) is 16.4. The van der Waals surface area contributed by atoms with Crippen molar-refractivity contribution in [1.29, 1.82) is 0 Å². The van der Waals surface area contributed by atoms with Gasteiger partial charge in [-0.25, -0.2) is 0 Å². The first-order chi connectivity index (χ1) is 10.7. The summed E-state index contributed by atoms with van der Waals surface area (Å²) in [5.74, 6) is 1.33. The topological polar surface area (TPSA) is 27.6 Å². The molecule has 124 valence electrons. The van der Waals surface area contributed by atoms with Crippen LogP contribution < -0.4 is 5.32 Å². The number of rotatable bonds is 5. The number of hydrogen-bond acceptors (Lipinski definition) is 1. The smallest absolute Gasteiger partial charge is 0.193 e. The fraction of sp³-hybridized carbons (Fsp3) is 0.316. The predicted octanol–water partition coefficient (Wildman–Crippen LogP) is 3.77. The van der Waals surface area contributed by atoms with E-state index in [0.29, 0.717) is 5.92 Å². The van der Waals surface area contributed by atoms with Crippen molar-refractivity contribution in [3.63, 3.8) is 0 Å². The average Bonchev–Trinajstić information content (AvgIpc) is 2.56. The maximum atomic E-state index is 4.29. The summed E-state index contributed by atoms with van der Waals surface area (Å²) in [6.07, 6.45) is 1.02. The lowest BCUT2D eigenvalue weighted by Gasteiger charge is -2.22. The summed E-state index contributed by atoms with van der Waals surface area (Å²) in [5, 5.41) is 3.46. The van der Waals surface area contributed by atoms with Gasteiger partial charge in [0.05, 0.1) is 0 Å². The lowest BCUT2D eigenvalue weighted by atomic mass is 9.92. The summed E-state index contributed by atoms with van der Waals surface area (Å²) in [4.78, 5) is 6.30. The fourth-order valence-electron chi connectivity index (χ4n) is 2.58. The molecule has 2 rings (SSSR count). The molecule has 0 aromatic heterocycles. The molecule has 1 unspecified atom stereocenters. The van der Waals surface area contributed by atoms with Crippen molar-refractivity contribution in [1.82, 2.24) is 10.2 Å². The van der Waals surface area contributed by atoms with Crippen LogP contribution in [0, 0.1) is 0 Å². The Morgan fingerprint density at radius 3 is 2.09 bits per heavy atom. The SMILES string of the molecule is CN=C(NCC(Cc1ccccc1)c1ccccc1)N(C)C.I. The van der Waals surface area contributed by atoms with Crippen molar-refractivity contribution < 1.29 is 0 Å². The standard InChI is InChI=1S/C19H25N3.HI/c1-20-19(22(2)3)21-15-18(17-12-8-5-9-13-17)14-16-10-6-4-7-11-16;/h4-13,18H,14-15H2,1-3H3,(H,20,21);1H. The van der Waals surface area contributed by atoms with E-state index in [1.54, 1.807) is 0 Å². The van der Waals surface area contributed by atoms with Gasteiger partial charge in [0, 0.05) is 33.6 Å². The number of hydrogen-bond donors (Lipinski definition) is 1. The van der Waals surface area contributed by atoms with Crippen LogP contribution in [0.3, 0.4) is 0 Å². The third-order valence-corrected chi connectivity index (χ3v) is 3.74. The lowest BCUT2D eigenvalue weighted by Crippen LogP contribution is -2.38. The molecule has 0 radical (unpaired) electrons. The van der Waals surface area contributed by atoms with E-state index >= 15 is 0 Å². The quantitative estimate of drug-likeness (QED) is 0.451. The molecule has 0 saturated heterocycles. The van der Waals surface area contributed by atoms with E-state index in [2.05, 4.69) is 71.0 Å². The van der Waals surface area contributed by atoms with Gasteiger partial charge in [0.2, 0.25) is 0 Å². The molecule has 23 heavy (non-hydrogen) atoms. The van der Waals surface area contributed by atoms with Crippen LogP contribution >= 0.6 is 24.0 Å². The summed E-state index contributed by atoms with van der Waals surface area (Å²) in [6.45, 7) is 0.865. The van der Waals surface area contributed by atoms with E-state index in [9.17, 15) is 0 Å². The maximum absolute atomic E-state index is 4.29. The highest BCUT2D eigenvalue weighted by molar-refractivity contribution is 14.0. The number of guanidine groups is 1. The van der Waals surface area contributed by atoms with Crippen molar-refractivity contribution in [2.75, 3.05) is 27.7 Å². The number of halogens is 1. The number of nitrogens with zero attached hydrogens (tertiary/aromatic N) is 2. The van der Waals surface area contributed by atoms with Gasteiger partial charge in [0.15, 0.2) is 5.96 Å². The van der Waals surface area contributed by atoms with Crippen molar-refractivity contribution in [2.45, 2.75) is 12.3 Å². The minimum Gasteiger partial charge on any atom is -0.356 e. The van der Waals surface area contributed by atoms with E-state index in [1.165, 1.54) is 11.1 Å². The van der Waals surface area contributed by atoms with E-state index in [-0.39, 0.29) is 24.0 Å². The summed E-state index contributed by atoms with van der Waals surface area (Å²) in [7, 11) is 5.82. The monoisotopic (exact) mass is 423 g/mol. The van der Waals surface area contributed by atoms with Crippen molar-refractivity contribution in [3.05, 3.63) is 71.8 Å². The molecule has 2 aromatic rings. The van der Waals surface area contributed by atoms with E-state index < -0.39 is 0 Å². The Morgan fingerprint density at radius 2 is 1.57 bits per heavy atom. The Bertz CT molecular complexity index is 582. The molecule has 3 nitrogen and oxygen atoms in total. The largest absolute Gasteiger partial charge is 0.356 e. The van der Waals surface area contributed by atoms with Gasteiger partial charge in [0.1, 0.15) is 0 Å². The maximum Gasteiger partial charge on any atom is 0.193 e. The molecule has 1 N–H and O–H groups in total. The Morgan fingerprint density at radius 1 is 1.00 bits per heavy atom. The number of benzene rings is 2. The molecule has 0 bridgehead atoms. The van der Waals surface area contributed by atoms with Crippen LogP contribution in [0.1, 0.15) is 17.0 Å². The molecule has 0 aliphatic carbocycles. The summed E-state index contributed by atoms with van der Waals surface area (Å²) < 4.78 is 0. The van der Waals surface area contributed by atoms with Crippen LogP contribution in [0.5, 0.6) is 0 Å². The second-order valence-electron chi connectivity index (χ2n) is 5.62. The molecule has 1 atom stereocenters. The third-order valence-electron chi connectivity index (χ3n) is 3.74. The zero-order chi connectivity index (χ0) is 15.8. The molecule has 2 aromatic carbocycles. The van der Waals surface area contributed by atoms with Gasteiger partial charge in [-0.05, 0) is 17.5 Å². The summed E-state index contributed by atoms with van der Waals surface area (Å²) in [6, 6.07) is 21.3. The minimum atomic E-state index is 0. The van der Waals surface area contributed by atoms with Crippen LogP contribution in [0.25, 0.3) is 0 Å². The van der Waals surface area contributed by atoms with Crippen LogP contribution in [-0.2, 0) is 6.42 Å². The molecule has 0 heterocycles. The van der Waals surface area contributed by atoms with Gasteiger partial charge in [-0.3, -0.25) is 4.99 Å². The van der Waals surface area contributed by atoms with Crippen molar-refractivity contribution in [2.24, 2.45) is 4.99 Å². The predicted molar refractivity (Wildman–Crippen MR) is 110 cm³/mol. The molecule has 0 aliphatic heterocycles. The zero-order valence-electron chi connectivity index (χ0n) is 14.1. The van der Waals surface area contributed by atoms with Gasteiger partial charge in [-0.15, -0.1) is 24.0 Å². The second-order valence-corrected chi connectivity index (χ2v) is 5.62. The van der Waals surface area contributed by atoms with E-state index in [4.69, 9.17) is 0 Å². The van der Waals surface area contributed by atoms with Crippen LogP contribution in [-0.4, -0.2) is 38.5 Å². The van der Waals surface area contributed by atoms with Gasteiger partial charge in [-0.1, -0.05) is 60.7 Å². The summed E-state index contributed by atoms with van der Waals surface area (Å²) in [5.41, 5.74) is 2.71. The first-order valence-corrected chi connectivity index (χ1v) is 7.67. The Hall–Kier alpha value is -1.56. The highest BCUT2D eigenvalue weighted by atomic mass is 127. The average molecular weight is 423 g/mol. The van der Waals surface area contributed by atoms with Crippen LogP contribution in [0.2, 0.25) is 0 Å². The van der Waals surface area contributed by atoms with Gasteiger partial charge >= 0.3 is 0 Å². The van der Waals surface area contributed by atoms with Crippen LogP contribution in [0.15, 0.2) is 65.7 Å². The normalized spacial score (nSPS) is 12.2. The third kappa shape index (κ3) is 6.22. The lowest BCUT2D eigenvalue weighted by molar-refractivity contribution is 0.561. The second kappa shape index (κ2) is 10.3. The highest BCUT2D eigenvalue weighted by Crippen LogP contribution is 2.20. The van der Waals surface area contributed by atoms with Gasteiger partial charge in [-0.2, -0.15) is 0 Å². The first-order valence-electron chi connectivity index (χ1n) is 7.67. The number of aliphatic imine (C=N–C) groups is 1. The highest BCUT2D eigenvalue weighted by Gasteiger charge is 2.13. The number of nitrogens with one attached hydrogen (secondary N) is 1. The molecule has 0 amide bonds. The molecule has 0 saturated carbocycles. The van der Waals surface area contributed by atoms with E-state index in [0.717, 1.165) is 18.9 Å². The molecular formula is C19H26IN3. The van der Waals surface area contributed by atoms with Crippen LogP contribution in [0.4, 0.5) is 0 Å². The fourth-order valence-corrected chi connectivity index (χ4v) is 2.58. The Labute approximate surface area is 156 Å². The Kier molecular flexibility index (Phi) is 8.69. The van der Waals surface area contributed by atoms with Gasteiger partial charge < -0.3 is 10.2 Å².